The van der Waals surface area contributed by atoms with Crippen LogP contribution in [0, 0.1) is 0 Å². The second-order valence-electron chi connectivity index (χ2n) is 4.50. The zero-order chi connectivity index (χ0) is 15.3. The lowest BCUT2D eigenvalue weighted by molar-refractivity contribution is 0.578. The van der Waals surface area contributed by atoms with Crippen molar-refractivity contribution in [3.63, 3.8) is 0 Å². The molecule has 2 rings (SSSR count). The highest BCUT2D eigenvalue weighted by Gasteiger charge is 2.14. The lowest BCUT2D eigenvalue weighted by Gasteiger charge is -2.07. The predicted octanol–water partition coefficient (Wildman–Crippen LogP) is 1.94. The number of aryl methyl sites for hydroxylation is 1. The van der Waals surface area contributed by atoms with E-state index >= 15 is 0 Å². The van der Waals surface area contributed by atoms with Crippen LogP contribution in [0.5, 0.6) is 0 Å². The number of hydrogen-bond acceptors (Lipinski definition) is 3. The number of nitrogens with one attached hydrogen (secondary N) is 2. The van der Waals surface area contributed by atoms with Crippen molar-refractivity contribution in [2.45, 2.75) is 17.7 Å². The fourth-order valence-electron chi connectivity index (χ4n) is 1.82. The van der Waals surface area contributed by atoms with Gasteiger partial charge in [0.2, 0.25) is 10.0 Å². The van der Waals surface area contributed by atoms with Gasteiger partial charge in [0.05, 0.1) is 4.90 Å². The first-order valence-corrected chi connectivity index (χ1v) is 8.27. The van der Waals surface area contributed by atoms with Crippen molar-refractivity contribution in [3.05, 3.63) is 63.5 Å². The van der Waals surface area contributed by atoms with Gasteiger partial charge in [-0.05, 0) is 24.5 Å². The summed E-state index contributed by atoms with van der Waals surface area (Å²) in [5, 5.41) is -0.151. The van der Waals surface area contributed by atoms with Gasteiger partial charge in [0.25, 0.3) is 5.56 Å². The zero-order valence-corrected chi connectivity index (χ0v) is 12.7. The Morgan fingerprint density at radius 2 is 1.90 bits per heavy atom. The van der Waals surface area contributed by atoms with E-state index in [-0.39, 0.29) is 9.92 Å². The number of aromatic nitrogens is 1. The molecule has 0 fully saturated rings. The largest absolute Gasteiger partial charge is 0.326 e. The zero-order valence-electron chi connectivity index (χ0n) is 11.2. The van der Waals surface area contributed by atoms with Crippen LogP contribution in [0.4, 0.5) is 0 Å². The van der Waals surface area contributed by atoms with Gasteiger partial charge in [-0.3, -0.25) is 4.79 Å². The van der Waals surface area contributed by atoms with Crippen molar-refractivity contribution in [1.82, 2.24) is 9.71 Å². The van der Waals surface area contributed by atoms with Crippen LogP contribution in [0.25, 0.3) is 0 Å². The van der Waals surface area contributed by atoms with Crippen LogP contribution in [0.15, 0.2) is 52.3 Å². The highest BCUT2D eigenvalue weighted by Crippen LogP contribution is 2.10. The smallest absolute Gasteiger partial charge is 0.266 e. The molecule has 0 radical (unpaired) electrons. The number of halogens is 1. The molecule has 0 atom stereocenters. The van der Waals surface area contributed by atoms with Crippen molar-refractivity contribution in [1.29, 1.82) is 0 Å². The van der Waals surface area contributed by atoms with E-state index in [1.807, 2.05) is 30.3 Å². The third kappa shape index (κ3) is 4.42. The standard InChI is InChI=1S/C14H15ClN2O3S/c15-13-9-12(10-16-14(13)18)21(19,20)17-8-4-7-11-5-2-1-3-6-11/h1-3,5-6,9-10,17H,4,7-8H2,(H,16,18). The normalized spacial score (nSPS) is 11.5. The Balaban J connectivity index is 1.92. The molecule has 1 heterocycles. The molecule has 0 saturated heterocycles. The van der Waals surface area contributed by atoms with Crippen molar-refractivity contribution < 1.29 is 8.42 Å². The predicted molar refractivity (Wildman–Crippen MR) is 82.0 cm³/mol. The Kier molecular flexibility index (Phi) is 5.17. The Morgan fingerprint density at radius 3 is 2.57 bits per heavy atom. The van der Waals surface area contributed by atoms with Gasteiger partial charge in [-0.1, -0.05) is 41.9 Å². The van der Waals surface area contributed by atoms with Crippen molar-refractivity contribution in [2.75, 3.05) is 6.54 Å². The molecule has 7 heteroatoms. The molecule has 1 aromatic heterocycles. The monoisotopic (exact) mass is 326 g/mol. The first-order chi connectivity index (χ1) is 9.99. The van der Waals surface area contributed by atoms with Crippen LogP contribution in [-0.4, -0.2) is 19.9 Å². The summed E-state index contributed by atoms with van der Waals surface area (Å²) in [7, 11) is -3.66. The Morgan fingerprint density at radius 1 is 1.19 bits per heavy atom. The quantitative estimate of drug-likeness (QED) is 0.796. The molecule has 0 spiro atoms. The molecule has 0 saturated carbocycles. The highest BCUT2D eigenvalue weighted by molar-refractivity contribution is 7.89. The fourth-order valence-corrected chi connectivity index (χ4v) is 3.12. The van der Waals surface area contributed by atoms with Crippen molar-refractivity contribution >= 4 is 21.6 Å². The summed E-state index contributed by atoms with van der Waals surface area (Å²) in [4.78, 5) is 13.3. The molecule has 0 aliphatic carbocycles. The minimum Gasteiger partial charge on any atom is -0.326 e. The maximum atomic E-state index is 12.0. The SMILES string of the molecule is O=c1[nH]cc(S(=O)(=O)NCCCc2ccccc2)cc1Cl. The van der Waals surface area contributed by atoms with Gasteiger partial charge in [0.15, 0.2) is 0 Å². The number of hydrogen-bond donors (Lipinski definition) is 2. The number of rotatable bonds is 6. The lowest BCUT2D eigenvalue weighted by Crippen LogP contribution is -2.26. The minimum atomic E-state index is -3.66. The number of aromatic amines is 1. The van der Waals surface area contributed by atoms with Gasteiger partial charge in [-0.15, -0.1) is 0 Å². The van der Waals surface area contributed by atoms with E-state index in [0.717, 1.165) is 24.2 Å². The van der Waals surface area contributed by atoms with Crippen LogP contribution in [0.2, 0.25) is 5.02 Å². The summed E-state index contributed by atoms with van der Waals surface area (Å²) < 4.78 is 26.5. The third-order valence-electron chi connectivity index (χ3n) is 2.92. The summed E-state index contributed by atoms with van der Waals surface area (Å²) in [5.41, 5.74) is 0.642. The third-order valence-corrected chi connectivity index (χ3v) is 4.64. The van der Waals surface area contributed by atoms with E-state index in [0.29, 0.717) is 13.0 Å². The van der Waals surface area contributed by atoms with Crippen LogP contribution in [0.3, 0.4) is 0 Å². The second kappa shape index (κ2) is 6.89. The van der Waals surface area contributed by atoms with E-state index in [1.54, 1.807) is 0 Å². The van der Waals surface area contributed by atoms with Crippen LogP contribution in [-0.2, 0) is 16.4 Å². The lowest BCUT2D eigenvalue weighted by atomic mass is 10.1. The first-order valence-electron chi connectivity index (χ1n) is 6.41. The summed E-state index contributed by atoms with van der Waals surface area (Å²) in [6.45, 7) is 0.313. The van der Waals surface area contributed by atoms with Crippen LogP contribution in [0.1, 0.15) is 12.0 Å². The molecular weight excluding hydrogens is 312 g/mol. The average molecular weight is 327 g/mol. The van der Waals surface area contributed by atoms with E-state index < -0.39 is 15.6 Å². The molecule has 5 nitrogen and oxygen atoms in total. The Hall–Kier alpha value is -1.63. The molecule has 2 N–H and O–H groups in total. The van der Waals surface area contributed by atoms with E-state index in [1.165, 1.54) is 0 Å². The molecular formula is C14H15ClN2O3S. The maximum Gasteiger partial charge on any atom is 0.266 e. The van der Waals surface area contributed by atoms with Gasteiger partial charge < -0.3 is 4.98 Å². The minimum absolute atomic E-state index is 0.0492. The van der Waals surface area contributed by atoms with Gasteiger partial charge >= 0.3 is 0 Å². The Labute approximate surface area is 128 Å². The van der Waals surface area contributed by atoms with Gasteiger partial charge in [0.1, 0.15) is 5.02 Å². The molecule has 21 heavy (non-hydrogen) atoms. The summed E-state index contributed by atoms with van der Waals surface area (Å²) in [5.74, 6) is 0. The number of pyridine rings is 1. The van der Waals surface area contributed by atoms with Gasteiger partial charge in [-0.2, -0.15) is 0 Å². The van der Waals surface area contributed by atoms with E-state index in [9.17, 15) is 13.2 Å². The van der Waals surface area contributed by atoms with E-state index in [2.05, 4.69) is 9.71 Å². The molecule has 1 aromatic carbocycles. The fraction of sp³-hybridized carbons (Fsp3) is 0.214. The Bertz CT molecular complexity index is 757. The molecule has 112 valence electrons. The van der Waals surface area contributed by atoms with E-state index in [4.69, 9.17) is 11.6 Å². The van der Waals surface area contributed by atoms with Crippen molar-refractivity contribution in [3.8, 4) is 0 Å². The highest BCUT2D eigenvalue weighted by atomic mass is 35.5. The van der Waals surface area contributed by atoms with Gasteiger partial charge in [-0.25, -0.2) is 13.1 Å². The molecule has 2 aromatic rings. The first kappa shape index (κ1) is 15.8. The number of H-pyrrole nitrogens is 1. The summed E-state index contributed by atoms with van der Waals surface area (Å²) >= 11 is 5.63. The number of sulfonamides is 1. The maximum absolute atomic E-state index is 12.0. The molecule has 0 amide bonds. The van der Waals surface area contributed by atoms with Gasteiger partial charge in [0, 0.05) is 12.7 Å². The summed E-state index contributed by atoms with van der Waals surface area (Å²) in [6, 6.07) is 11.0. The summed E-state index contributed by atoms with van der Waals surface area (Å²) in [6.07, 6.45) is 2.60. The van der Waals surface area contributed by atoms with Crippen molar-refractivity contribution in [2.24, 2.45) is 0 Å². The molecule has 0 aliphatic heterocycles. The average Bonchev–Trinajstić information content (AvgIpc) is 2.47. The molecule has 0 unspecified atom stereocenters. The van der Waals surface area contributed by atoms with Crippen LogP contribution >= 0.6 is 11.6 Å². The molecule has 0 aliphatic rings. The topological polar surface area (TPSA) is 79.0 Å². The number of benzene rings is 1. The second-order valence-corrected chi connectivity index (χ2v) is 6.67. The molecule has 0 bridgehead atoms. The van der Waals surface area contributed by atoms with Crippen LogP contribution < -0.4 is 10.3 Å².